The Morgan fingerprint density at radius 3 is 2.53 bits per heavy atom. The lowest BCUT2D eigenvalue weighted by Crippen LogP contribution is -2.38. The molecule has 0 aliphatic heterocycles. The Morgan fingerprint density at radius 2 is 1.95 bits per heavy atom. The van der Waals surface area contributed by atoms with Crippen molar-refractivity contribution >= 4 is 18.3 Å². The van der Waals surface area contributed by atoms with Crippen LogP contribution in [0.4, 0.5) is 0 Å². The summed E-state index contributed by atoms with van der Waals surface area (Å²) in [6.07, 6.45) is 5.04. The third-order valence-electron chi connectivity index (χ3n) is 3.82. The maximum atomic E-state index is 11.6. The molecule has 1 fully saturated rings. The van der Waals surface area contributed by atoms with Gasteiger partial charge in [0.1, 0.15) is 0 Å². The first-order valence-corrected chi connectivity index (χ1v) is 7.00. The average Bonchev–Trinajstić information content (AvgIpc) is 2.33. The van der Waals surface area contributed by atoms with Crippen molar-refractivity contribution in [3.05, 3.63) is 0 Å². The molecule has 1 aliphatic rings. The topological polar surface area (TPSA) is 50.4 Å². The van der Waals surface area contributed by atoms with Gasteiger partial charge in [0.25, 0.3) is 0 Å². The van der Waals surface area contributed by atoms with Gasteiger partial charge in [-0.15, -0.1) is 12.4 Å². The zero-order valence-electron chi connectivity index (χ0n) is 12.5. The smallest absolute Gasteiger partial charge is 0.233 e. The molecule has 4 nitrogen and oxygen atoms in total. The quantitative estimate of drug-likeness (QED) is 0.706. The van der Waals surface area contributed by atoms with Crippen LogP contribution in [0, 0.1) is 11.3 Å². The largest absolute Gasteiger partial charge is 0.383 e. The van der Waals surface area contributed by atoms with Crippen LogP contribution in [0.25, 0.3) is 0 Å². The first-order valence-electron chi connectivity index (χ1n) is 7.00. The van der Waals surface area contributed by atoms with Crippen molar-refractivity contribution in [1.82, 2.24) is 10.6 Å². The lowest BCUT2D eigenvalue weighted by atomic mass is 9.73. The number of halogens is 1. The standard InChI is InChI=1S/C14H28N2O2.ClH/c1-14(2)6-4-12(5-7-14)10-16-13(17)11-15-8-9-18-3;/h12,15H,4-11H2,1-3H3,(H,16,17);1H. The van der Waals surface area contributed by atoms with E-state index in [9.17, 15) is 4.79 Å². The highest BCUT2D eigenvalue weighted by molar-refractivity contribution is 5.85. The van der Waals surface area contributed by atoms with Gasteiger partial charge in [0, 0.05) is 20.2 Å². The molecule has 5 heteroatoms. The zero-order valence-corrected chi connectivity index (χ0v) is 13.3. The lowest BCUT2D eigenvalue weighted by molar-refractivity contribution is -0.120. The number of carbonyl (C=O) groups is 1. The number of methoxy groups -OCH3 is 1. The molecule has 0 spiro atoms. The van der Waals surface area contributed by atoms with E-state index < -0.39 is 0 Å². The fourth-order valence-corrected chi connectivity index (χ4v) is 2.36. The molecular formula is C14H29ClN2O2. The van der Waals surface area contributed by atoms with Gasteiger partial charge >= 0.3 is 0 Å². The third kappa shape index (κ3) is 8.45. The fourth-order valence-electron chi connectivity index (χ4n) is 2.36. The molecule has 0 aromatic rings. The van der Waals surface area contributed by atoms with Gasteiger partial charge in [0.15, 0.2) is 0 Å². The Bertz CT molecular complexity index is 250. The molecule has 1 saturated carbocycles. The maximum Gasteiger partial charge on any atom is 0.233 e. The molecule has 1 amide bonds. The van der Waals surface area contributed by atoms with Crippen LogP contribution < -0.4 is 10.6 Å². The van der Waals surface area contributed by atoms with Crippen LogP contribution in [0.15, 0.2) is 0 Å². The normalized spacial score (nSPS) is 18.7. The highest BCUT2D eigenvalue weighted by Crippen LogP contribution is 2.37. The van der Waals surface area contributed by atoms with Crippen LogP contribution in [-0.4, -0.2) is 39.3 Å². The Kier molecular flexibility index (Phi) is 9.40. The number of amides is 1. The Balaban J connectivity index is 0.00000324. The van der Waals surface area contributed by atoms with Crippen molar-refractivity contribution in [3.8, 4) is 0 Å². The summed E-state index contributed by atoms with van der Waals surface area (Å²) in [6, 6.07) is 0. The molecule has 0 atom stereocenters. The average molecular weight is 293 g/mol. The van der Waals surface area contributed by atoms with Crippen LogP contribution >= 0.6 is 12.4 Å². The van der Waals surface area contributed by atoms with Gasteiger partial charge in [-0.25, -0.2) is 0 Å². The van der Waals surface area contributed by atoms with Crippen molar-refractivity contribution in [2.45, 2.75) is 39.5 Å². The maximum absolute atomic E-state index is 11.6. The second kappa shape index (κ2) is 9.56. The van der Waals surface area contributed by atoms with E-state index in [-0.39, 0.29) is 18.3 Å². The molecule has 1 aliphatic carbocycles. The minimum atomic E-state index is 0. The zero-order chi connectivity index (χ0) is 13.4. The van der Waals surface area contributed by atoms with Crippen molar-refractivity contribution in [1.29, 1.82) is 0 Å². The SMILES string of the molecule is COCCNCC(=O)NCC1CCC(C)(C)CC1.Cl. The number of rotatable bonds is 7. The number of nitrogens with one attached hydrogen (secondary N) is 2. The van der Waals surface area contributed by atoms with E-state index >= 15 is 0 Å². The van der Waals surface area contributed by atoms with Gasteiger partial charge in [0.05, 0.1) is 13.2 Å². The Labute approximate surface area is 123 Å². The first kappa shape index (κ1) is 18.7. The van der Waals surface area contributed by atoms with E-state index in [1.807, 2.05) is 0 Å². The van der Waals surface area contributed by atoms with Crippen molar-refractivity contribution in [2.75, 3.05) is 33.4 Å². The van der Waals surface area contributed by atoms with Gasteiger partial charge in [-0.3, -0.25) is 4.79 Å². The number of hydrogen-bond acceptors (Lipinski definition) is 3. The summed E-state index contributed by atoms with van der Waals surface area (Å²) in [5, 5.41) is 6.06. The molecule has 0 bridgehead atoms. The van der Waals surface area contributed by atoms with Crippen LogP contribution in [-0.2, 0) is 9.53 Å². The van der Waals surface area contributed by atoms with Crippen LogP contribution in [0.3, 0.4) is 0 Å². The summed E-state index contributed by atoms with van der Waals surface area (Å²) in [5.74, 6) is 0.761. The number of hydrogen-bond donors (Lipinski definition) is 2. The highest BCUT2D eigenvalue weighted by atomic mass is 35.5. The molecule has 0 aromatic heterocycles. The fraction of sp³-hybridized carbons (Fsp3) is 0.929. The van der Waals surface area contributed by atoms with Crippen molar-refractivity contribution < 1.29 is 9.53 Å². The van der Waals surface area contributed by atoms with Gasteiger partial charge in [0.2, 0.25) is 5.91 Å². The molecule has 0 aromatic carbocycles. The monoisotopic (exact) mass is 292 g/mol. The molecule has 19 heavy (non-hydrogen) atoms. The minimum Gasteiger partial charge on any atom is -0.383 e. The van der Waals surface area contributed by atoms with Crippen LogP contribution in [0.1, 0.15) is 39.5 Å². The van der Waals surface area contributed by atoms with Crippen molar-refractivity contribution in [2.24, 2.45) is 11.3 Å². The molecule has 0 heterocycles. The Morgan fingerprint density at radius 1 is 1.32 bits per heavy atom. The summed E-state index contributed by atoms with van der Waals surface area (Å²) < 4.78 is 4.90. The molecule has 0 unspecified atom stereocenters. The van der Waals surface area contributed by atoms with E-state index in [1.54, 1.807) is 7.11 Å². The Hall–Kier alpha value is -0.320. The molecule has 0 saturated heterocycles. The summed E-state index contributed by atoms with van der Waals surface area (Å²) >= 11 is 0. The van der Waals surface area contributed by atoms with Crippen molar-refractivity contribution in [3.63, 3.8) is 0 Å². The second-order valence-electron chi connectivity index (χ2n) is 6.08. The lowest BCUT2D eigenvalue weighted by Gasteiger charge is -2.34. The van der Waals surface area contributed by atoms with E-state index in [0.717, 1.165) is 13.1 Å². The van der Waals surface area contributed by atoms with Crippen LogP contribution in [0.5, 0.6) is 0 Å². The summed E-state index contributed by atoms with van der Waals surface area (Å²) in [4.78, 5) is 11.6. The van der Waals surface area contributed by atoms with Gasteiger partial charge in [-0.1, -0.05) is 13.8 Å². The summed E-state index contributed by atoms with van der Waals surface area (Å²) in [5.41, 5.74) is 0.502. The van der Waals surface area contributed by atoms with Gasteiger partial charge in [-0.2, -0.15) is 0 Å². The van der Waals surface area contributed by atoms with E-state index in [0.29, 0.717) is 24.5 Å². The molecule has 1 rings (SSSR count). The summed E-state index contributed by atoms with van der Waals surface area (Å²) in [6.45, 7) is 7.26. The molecule has 2 N–H and O–H groups in total. The minimum absolute atomic E-state index is 0. The predicted octanol–water partition coefficient (Wildman–Crippen LogP) is 1.98. The second-order valence-corrected chi connectivity index (χ2v) is 6.08. The van der Waals surface area contributed by atoms with E-state index in [4.69, 9.17) is 4.74 Å². The molecule has 114 valence electrons. The molecule has 0 radical (unpaired) electrons. The number of ether oxygens (including phenoxy) is 1. The highest BCUT2D eigenvalue weighted by Gasteiger charge is 2.26. The van der Waals surface area contributed by atoms with Crippen LogP contribution in [0.2, 0.25) is 0 Å². The van der Waals surface area contributed by atoms with E-state index in [2.05, 4.69) is 24.5 Å². The molecular weight excluding hydrogens is 264 g/mol. The third-order valence-corrected chi connectivity index (χ3v) is 3.82. The van der Waals surface area contributed by atoms with Gasteiger partial charge < -0.3 is 15.4 Å². The van der Waals surface area contributed by atoms with Gasteiger partial charge in [-0.05, 0) is 37.0 Å². The first-order chi connectivity index (χ1) is 8.53. The van der Waals surface area contributed by atoms with E-state index in [1.165, 1.54) is 25.7 Å². The predicted molar refractivity (Wildman–Crippen MR) is 80.7 cm³/mol. The number of carbonyl (C=O) groups excluding carboxylic acids is 1. The summed E-state index contributed by atoms with van der Waals surface area (Å²) in [7, 11) is 1.66.